The molecule has 42 heavy (non-hydrogen) atoms. The Kier molecular flexibility index (Phi) is 6.03. The fourth-order valence-corrected chi connectivity index (χ4v) is 7.27. The molecule has 0 amide bonds. The van der Waals surface area contributed by atoms with Gasteiger partial charge in [0.1, 0.15) is 0 Å². The van der Waals surface area contributed by atoms with Crippen molar-refractivity contribution in [1.82, 2.24) is 4.98 Å². The Morgan fingerprint density at radius 1 is 0.619 bits per heavy atom. The van der Waals surface area contributed by atoms with Gasteiger partial charge in [-0.15, -0.1) is 0 Å². The second-order valence-corrected chi connectivity index (χ2v) is 12.1. The van der Waals surface area contributed by atoms with Crippen LogP contribution in [-0.4, -0.2) is 4.98 Å². The molecule has 200 valence electrons. The van der Waals surface area contributed by atoms with Crippen molar-refractivity contribution in [2.75, 3.05) is 4.90 Å². The number of anilines is 3. The van der Waals surface area contributed by atoms with Gasteiger partial charge in [-0.2, -0.15) is 0 Å². The van der Waals surface area contributed by atoms with Gasteiger partial charge in [0.2, 0.25) is 0 Å². The van der Waals surface area contributed by atoms with Crippen molar-refractivity contribution in [1.29, 1.82) is 0 Å². The zero-order valence-electron chi connectivity index (χ0n) is 22.9. The summed E-state index contributed by atoms with van der Waals surface area (Å²) in [6, 6.07) is 47.2. The Bertz CT molecular complexity index is 2100. The maximum atomic E-state index is 6.30. The summed E-state index contributed by atoms with van der Waals surface area (Å²) in [5, 5.41) is 4.32. The predicted molar refractivity (Wildman–Crippen MR) is 179 cm³/mol. The molecule has 0 aliphatic carbocycles. The number of rotatable bonds is 3. The Morgan fingerprint density at radius 3 is 2.05 bits per heavy atom. The molecule has 8 rings (SSSR count). The molecule has 1 aliphatic heterocycles. The van der Waals surface area contributed by atoms with E-state index < -0.39 is 0 Å². The summed E-state index contributed by atoms with van der Waals surface area (Å²) in [6.07, 6.45) is 0. The Balaban J connectivity index is 1.49. The van der Waals surface area contributed by atoms with Crippen LogP contribution in [0.2, 0.25) is 5.02 Å². The molecule has 0 bridgehead atoms. The van der Waals surface area contributed by atoms with Crippen LogP contribution in [0.25, 0.3) is 44.1 Å². The molecule has 1 aromatic heterocycles. The Labute approximate surface area is 254 Å². The third-order valence-corrected chi connectivity index (χ3v) is 9.42. The molecule has 0 fully saturated rings. The second-order valence-electron chi connectivity index (χ2n) is 10.6. The van der Waals surface area contributed by atoms with E-state index in [1.165, 1.54) is 37.3 Å². The van der Waals surface area contributed by atoms with Gasteiger partial charge in [-0.25, -0.2) is 4.98 Å². The number of hydrogen-bond acceptors (Lipinski definition) is 3. The first-order valence-electron chi connectivity index (χ1n) is 14.0. The van der Waals surface area contributed by atoms with Gasteiger partial charge in [0.25, 0.3) is 0 Å². The van der Waals surface area contributed by atoms with Crippen LogP contribution in [0.4, 0.5) is 17.1 Å². The Morgan fingerprint density at radius 2 is 1.29 bits per heavy atom. The number of benzene rings is 6. The SMILES string of the molecule is Cc1ccc(N2c3ccccc3Sc3ccccc32)c2nc(-c3ccc(Cl)cc3)cc(-c3cccc4ccccc34)c12. The van der Waals surface area contributed by atoms with E-state index in [4.69, 9.17) is 16.6 Å². The Hall–Kier alpha value is -4.57. The molecule has 6 aromatic carbocycles. The molecule has 0 saturated heterocycles. The van der Waals surface area contributed by atoms with Crippen LogP contribution < -0.4 is 4.90 Å². The molecule has 0 unspecified atom stereocenters. The summed E-state index contributed by atoms with van der Waals surface area (Å²) in [7, 11) is 0. The summed E-state index contributed by atoms with van der Waals surface area (Å²) < 4.78 is 0. The minimum absolute atomic E-state index is 0.712. The summed E-state index contributed by atoms with van der Waals surface area (Å²) >= 11 is 8.12. The first kappa shape index (κ1) is 25.2. The molecule has 2 nitrogen and oxygen atoms in total. The molecular formula is C38H25ClN2S. The van der Waals surface area contributed by atoms with Gasteiger partial charge < -0.3 is 4.90 Å². The highest BCUT2D eigenvalue weighted by Crippen LogP contribution is 2.53. The van der Waals surface area contributed by atoms with Crippen LogP contribution in [0.15, 0.2) is 143 Å². The molecule has 0 saturated carbocycles. The molecule has 0 radical (unpaired) electrons. The maximum absolute atomic E-state index is 6.30. The number of hydrogen-bond donors (Lipinski definition) is 0. The number of pyridine rings is 1. The largest absolute Gasteiger partial charge is 0.306 e. The third-order valence-electron chi connectivity index (χ3n) is 8.04. The molecular weight excluding hydrogens is 552 g/mol. The minimum Gasteiger partial charge on any atom is -0.306 e. The lowest BCUT2D eigenvalue weighted by atomic mass is 9.91. The van der Waals surface area contributed by atoms with Crippen molar-refractivity contribution in [3.63, 3.8) is 0 Å². The molecule has 0 spiro atoms. The smallest absolute Gasteiger partial charge is 0.0958 e. The highest BCUT2D eigenvalue weighted by atomic mass is 35.5. The van der Waals surface area contributed by atoms with E-state index >= 15 is 0 Å². The minimum atomic E-state index is 0.712. The molecule has 2 heterocycles. The fourth-order valence-electron chi connectivity index (χ4n) is 6.08. The number of para-hydroxylation sites is 2. The van der Waals surface area contributed by atoms with Gasteiger partial charge in [-0.05, 0) is 82.9 Å². The molecule has 4 heteroatoms. The van der Waals surface area contributed by atoms with Gasteiger partial charge in [0, 0.05) is 25.8 Å². The van der Waals surface area contributed by atoms with Gasteiger partial charge in [-0.1, -0.05) is 108 Å². The summed E-state index contributed by atoms with van der Waals surface area (Å²) in [4.78, 5) is 10.3. The second kappa shape index (κ2) is 10.1. The topological polar surface area (TPSA) is 16.1 Å². The van der Waals surface area contributed by atoms with Crippen molar-refractivity contribution in [3.05, 3.63) is 144 Å². The first-order valence-corrected chi connectivity index (χ1v) is 15.2. The third kappa shape index (κ3) is 4.08. The zero-order chi connectivity index (χ0) is 28.2. The van der Waals surface area contributed by atoms with Gasteiger partial charge in [0.15, 0.2) is 0 Å². The zero-order valence-corrected chi connectivity index (χ0v) is 24.5. The standard InChI is InChI=1S/C38H25ClN2S/c1-24-17-22-34(41-32-13-4-6-15-35(32)42-36-16-7-5-14-33(36)41)38-37(24)30(23-31(40-38)26-18-20-27(39)21-19-26)29-12-8-10-25-9-2-3-11-28(25)29/h2-23H,1H3. The number of aryl methyl sites for hydroxylation is 1. The molecule has 7 aromatic rings. The van der Waals surface area contributed by atoms with E-state index in [9.17, 15) is 0 Å². The van der Waals surface area contributed by atoms with E-state index in [1.54, 1.807) is 0 Å². The van der Waals surface area contributed by atoms with Crippen molar-refractivity contribution >= 4 is 62.1 Å². The van der Waals surface area contributed by atoms with Crippen LogP contribution in [0.5, 0.6) is 0 Å². The van der Waals surface area contributed by atoms with Gasteiger partial charge in [-0.3, -0.25) is 0 Å². The molecule has 0 atom stereocenters. The summed E-state index contributed by atoms with van der Waals surface area (Å²) in [6.45, 7) is 2.19. The van der Waals surface area contributed by atoms with Gasteiger partial charge >= 0.3 is 0 Å². The van der Waals surface area contributed by atoms with Crippen LogP contribution >= 0.6 is 23.4 Å². The molecule has 1 aliphatic rings. The number of halogens is 1. The monoisotopic (exact) mass is 576 g/mol. The number of fused-ring (bicyclic) bond motifs is 4. The fraction of sp³-hybridized carbons (Fsp3) is 0.0263. The van der Waals surface area contributed by atoms with Crippen molar-refractivity contribution in [2.45, 2.75) is 16.7 Å². The van der Waals surface area contributed by atoms with E-state index in [0.717, 1.165) is 39.2 Å². The highest BCUT2D eigenvalue weighted by molar-refractivity contribution is 7.99. The first-order chi connectivity index (χ1) is 20.7. The van der Waals surface area contributed by atoms with Gasteiger partial charge in [0.05, 0.1) is 28.3 Å². The summed E-state index contributed by atoms with van der Waals surface area (Å²) in [5.41, 5.74) is 9.88. The lowest BCUT2D eigenvalue weighted by molar-refractivity contribution is 1.17. The highest BCUT2D eigenvalue weighted by Gasteiger charge is 2.27. The number of aromatic nitrogens is 1. The van der Waals surface area contributed by atoms with E-state index in [1.807, 2.05) is 23.9 Å². The van der Waals surface area contributed by atoms with E-state index in [0.29, 0.717) is 5.02 Å². The van der Waals surface area contributed by atoms with Crippen LogP contribution in [0.1, 0.15) is 5.56 Å². The predicted octanol–water partition coefficient (Wildman–Crippen LogP) is 11.6. The van der Waals surface area contributed by atoms with Crippen LogP contribution in [0, 0.1) is 6.92 Å². The van der Waals surface area contributed by atoms with Crippen LogP contribution in [-0.2, 0) is 0 Å². The average Bonchev–Trinajstić information content (AvgIpc) is 3.04. The van der Waals surface area contributed by atoms with Crippen molar-refractivity contribution < 1.29 is 0 Å². The maximum Gasteiger partial charge on any atom is 0.0958 e. The quantitative estimate of drug-likeness (QED) is 0.208. The van der Waals surface area contributed by atoms with E-state index in [-0.39, 0.29) is 0 Å². The van der Waals surface area contributed by atoms with Crippen LogP contribution in [0.3, 0.4) is 0 Å². The van der Waals surface area contributed by atoms with Crippen molar-refractivity contribution in [2.24, 2.45) is 0 Å². The normalized spacial score (nSPS) is 12.4. The average molecular weight is 577 g/mol. The van der Waals surface area contributed by atoms with Crippen molar-refractivity contribution in [3.8, 4) is 22.4 Å². The number of nitrogens with zero attached hydrogens (tertiary/aromatic N) is 2. The van der Waals surface area contributed by atoms with E-state index in [2.05, 4.69) is 133 Å². The lowest BCUT2D eigenvalue weighted by Gasteiger charge is -2.33. The lowest BCUT2D eigenvalue weighted by Crippen LogP contribution is -2.15. The molecule has 0 N–H and O–H groups in total. The summed E-state index contributed by atoms with van der Waals surface area (Å²) in [5.74, 6) is 0.